The molecule has 0 unspecified atom stereocenters. The predicted octanol–water partition coefficient (Wildman–Crippen LogP) is 3.18. The predicted molar refractivity (Wildman–Crippen MR) is 77.2 cm³/mol. The number of hydrogen-bond donors (Lipinski definition) is 2. The van der Waals surface area contributed by atoms with Gasteiger partial charge in [0.2, 0.25) is 0 Å². The second-order valence-electron chi connectivity index (χ2n) is 5.16. The lowest BCUT2D eigenvalue weighted by Crippen LogP contribution is -2.36. The Morgan fingerprint density at radius 3 is 2.41 bits per heavy atom. The number of aliphatic hydroxyl groups excluding tert-OH is 1. The molecule has 1 aromatic carbocycles. The average molecular weight is 342 g/mol. The highest BCUT2D eigenvalue weighted by Crippen LogP contribution is 2.38. The number of hydrogen-bond acceptors (Lipinski definition) is 4. The van der Waals surface area contributed by atoms with E-state index in [1.807, 2.05) is 0 Å². The van der Waals surface area contributed by atoms with Gasteiger partial charge in [-0.2, -0.15) is 0 Å². The highest BCUT2D eigenvalue weighted by atomic mass is 35.5. The van der Waals surface area contributed by atoms with Gasteiger partial charge in [-0.3, -0.25) is 0 Å². The largest absolute Gasteiger partial charge is 0.573 e. The van der Waals surface area contributed by atoms with Gasteiger partial charge in [-0.1, -0.05) is 6.42 Å². The van der Waals surface area contributed by atoms with Crippen molar-refractivity contribution in [2.45, 2.75) is 37.8 Å². The summed E-state index contributed by atoms with van der Waals surface area (Å²) in [5, 5.41) is 10.2. The molecular formula is C14H19ClF3NO3. The van der Waals surface area contributed by atoms with Gasteiger partial charge in [0, 0.05) is 11.6 Å². The zero-order valence-corrected chi connectivity index (χ0v) is 12.8. The summed E-state index contributed by atoms with van der Waals surface area (Å²) < 4.78 is 45.5. The zero-order chi connectivity index (χ0) is 15.6. The van der Waals surface area contributed by atoms with Crippen LogP contribution in [0.1, 0.15) is 30.9 Å². The van der Waals surface area contributed by atoms with Gasteiger partial charge in [0.05, 0.1) is 19.3 Å². The Bertz CT molecular complexity index is 495. The van der Waals surface area contributed by atoms with Crippen LogP contribution in [0.4, 0.5) is 13.2 Å². The van der Waals surface area contributed by atoms with Gasteiger partial charge in [0.25, 0.3) is 0 Å². The molecule has 2 rings (SSSR count). The van der Waals surface area contributed by atoms with Crippen molar-refractivity contribution in [3.8, 4) is 11.5 Å². The van der Waals surface area contributed by atoms with Crippen molar-refractivity contribution < 1.29 is 27.8 Å². The summed E-state index contributed by atoms with van der Waals surface area (Å²) in [4.78, 5) is 0. The maximum absolute atomic E-state index is 12.2. The number of aliphatic hydroxyl groups is 1. The van der Waals surface area contributed by atoms with Crippen LogP contribution in [0.5, 0.6) is 11.5 Å². The second-order valence-corrected chi connectivity index (χ2v) is 5.16. The van der Waals surface area contributed by atoms with E-state index in [0.29, 0.717) is 5.56 Å². The molecule has 126 valence electrons. The maximum Gasteiger partial charge on any atom is 0.573 e. The van der Waals surface area contributed by atoms with Gasteiger partial charge in [-0.05, 0) is 30.9 Å². The first-order valence-corrected chi connectivity index (χ1v) is 6.69. The zero-order valence-electron chi connectivity index (χ0n) is 12.0. The summed E-state index contributed by atoms with van der Waals surface area (Å²) in [5.74, 6) is -0.0770. The number of methoxy groups -OCH3 is 1. The molecule has 1 saturated carbocycles. The molecule has 22 heavy (non-hydrogen) atoms. The van der Waals surface area contributed by atoms with E-state index in [1.165, 1.54) is 19.2 Å². The summed E-state index contributed by atoms with van der Waals surface area (Å²) in [6.45, 7) is 0. The van der Waals surface area contributed by atoms with Crippen molar-refractivity contribution in [2.24, 2.45) is 11.7 Å². The van der Waals surface area contributed by atoms with Crippen molar-refractivity contribution in [3.63, 3.8) is 0 Å². The highest BCUT2D eigenvalue weighted by Gasteiger charge is 2.33. The Labute approximate surface area is 132 Å². The van der Waals surface area contributed by atoms with Crippen LogP contribution in [0.2, 0.25) is 0 Å². The van der Waals surface area contributed by atoms with E-state index in [0.717, 1.165) is 25.3 Å². The van der Waals surface area contributed by atoms with Crippen LogP contribution in [0.25, 0.3) is 0 Å². The first kappa shape index (κ1) is 18.9. The average Bonchev–Trinajstić information content (AvgIpc) is 2.33. The molecular weight excluding hydrogens is 323 g/mol. The van der Waals surface area contributed by atoms with Gasteiger partial charge < -0.3 is 20.3 Å². The summed E-state index contributed by atoms with van der Waals surface area (Å²) in [7, 11) is 1.33. The quantitative estimate of drug-likeness (QED) is 0.863. The van der Waals surface area contributed by atoms with Crippen LogP contribution in [0, 0.1) is 5.92 Å². The topological polar surface area (TPSA) is 64.7 Å². The van der Waals surface area contributed by atoms with Crippen LogP contribution in [0.3, 0.4) is 0 Å². The Balaban J connectivity index is 0.00000242. The second kappa shape index (κ2) is 7.39. The Hall–Kier alpha value is -1.18. The van der Waals surface area contributed by atoms with E-state index in [1.54, 1.807) is 0 Å². The normalized spacial score (nSPS) is 17.9. The van der Waals surface area contributed by atoms with Crippen LogP contribution < -0.4 is 15.2 Å². The molecule has 0 saturated heterocycles. The molecule has 0 aliphatic heterocycles. The Morgan fingerprint density at radius 2 is 1.95 bits per heavy atom. The Morgan fingerprint density at radius 1 is 1.32 bits per heavy atom. The molecule has 1 aliphatic carbocycles. The molecule has 0 spiro atoms. The monoisotopic (exact) mass is 341 g/mol. The molecule has 1 fully saturated rings. The van der Waals surface area contributed by atoms with Gasteiger partial charge in [0.1, 0.15) is 11.5 Å². The van der Waals surface area contributed by atoms with Gasteiger partial charge in [0.15, 0.2) is 0 Å². The van der Waals surface area contributed by atoms with E-state index in [4.69, 9.17) is 10.5 Å². The van der Waals surface area contributed by atoms with Gasteiger partial charge in [-0.15, -0.1) is 25.6 Å². The molecule has 4 nitrogen and oxygen atoms in total. The number of ether oxygens (including phenoxy) is 2. The molecule has 0 heterocycles. The number of alkyl halides is 3. The lowest BCUT2D eigenvalue weighted by atomic mass is 9.77. The van der Waals surface area contributed by atoms with E-state index >= 15 is 0 Å². The minimum Gasteiger partial charge on any atom is -0.496 e. The van der Waals surface area contributed by atoms with Gasteiger partial charge in [-0.25, -0.2) is 0 Å². The minimum atomic E-state index is -4.76. The third-order valence-electron chi connectivity index (χ3n) is 3.80. The SMILES string of the molecule is COc1cc(OC(F)(F)F)ccc1[C@H](N)[C@H](O)C1CCC1.Cl. The fourth-order valence-electron chi connectivity index (χ4n) is 2.42. The smallest absolute Gasteiger partial charge is 0.496 e. The molecule has 8 heteroatoms. The summed E-state index contributed by atoms with van der Waals surface area (Å²) >= 11 is 0. The highest BCUT2D eigenvalue weighted by molar-refractivity contribution is 5.85. The molecule has 0 radical (unpaired) electrons. The van der Waals surface area contributed by atoms with Crippen molar-refractivity contribution in [3.05, 3.63) is 23.8 Å². The van der Waals surface area contributed by atoms with Crippen LogP contribution in [0.15, 0.2) is 18.2 Å². The molecule has 2 atom stereocenters. The third-order valence-corrected chi connectivity index (χ3v) is 3.80. The molecule has 0 bridgehead atoms. The number of nitrogens with two attached hydrogens (primary N) is 1. The lowest BCUT2D eigenvalue weighted by Gasteiger charge is -2.34. The fourth-order valence-corrected chi connectivity index (χ4v) is 2.42. The first-order valence-electron chi connectivity index (χ1n) is 6.69. The summed E-state index contributed by atoms with van der Waals surface area (Å²) in [6.07, 6.45) is -2.62. The van der Waals surface area contributed by atoms with E-state index < -0.39 is 18.5 Å². The number of benzene rings is 1. The molecule has 1 aliphatic rings. The van der Waals surface area contributed by atoms with Gasteiger partial charge >= 0.3 is 6.36 Å². The first-order chi connectivity index (χ1) is 9.81. The Kier molecular flexibility index (Phi) is 6.34. The molecule has 0 amide bonds. The fraction of sp³-hybridized carbons (Fsp3) is 0.571. The van der Waals surface area contributed by atoms with E-state index in [2.05, 4.69) is 4.74 Å². The standard InChI is InChI=1S/C14H18F3NO3.ClH/c1-20-11-7-9(21-14(15,16)17)5-6-10(11)12(18)13(19)8-3-2-4-8;/h5-8,12-13,19H,2-4,18H2,1H3;1H/t12-,13+;/m0./s1. The summed E-state index contributed by atoms with van der Waals surface area (Å²) in [5.41, 5.74) is 6.47. The van der Waals surface area contributed by atoms with E-state index in [9.17, 15) is 18.3 Å². The van der Waals surface area contributed by atoms with E-state index in [-0.39, 0.29) is 29.8 Å². The maximum atomic E-state index is 12.2. The summed E-state index contributed by atoms with van der Waals surface area (Å²) in [6, 6.07) is 2.98. The molecule has 0 aromatic heterocycles. The third kappa shape index (κ3) is 4.41. The number of halogens is 4. The minimum absolute atomic E-state index is 0. The van der Waals surface area contributed by atoms with Crippen molar-refractivity contribution >= 4 is 12.4 Å². The van der Waals surface area contributed by atoms with Crippen LogP contribution in [-0.4, -0.2) is 24.7 Å². The van der Waals surface area contributed by atoms with Crippen molar-refractivity contribution in [1.82, 2.24) is 0 Å². The van der Waals surface area contributed by atoms with Crippen molar-refractivity contribution in [1.29, 1.82) is 0 Å². The van der Waals surface area contributed by atoms with Crippen LogP contribution >= 0.6 is 12.4 Å². The van der Waals surface area contributed by atoms with Crippen LogP contribution in [-0.2, 0) is 0 Å². The van der Waals surface area contributed by atoms with Crippen molar-refractivity contribution in [2.75, 3.05) is 7.11 Å². The molecule has 1 aromatic rings. The molecule has 3 N–H and O–H groups in total. The number of rotatable bonds is 5. The lowest BCUT2D eigenvalue weighted by molar-refractivity contribution is -0.274.